The maximum absolute atomic E-state index is 13.2. The number of carbonyl (C=O) groups excluding carboxylic acids is 2. The number of rotatable bonds is 4. The van der Waals surface area contributed by atoms with E-state index in [9.17, 15) is 14.4 Å². The highest BCUT2D eigenvalue weighted by atomic mass is 16.2. The van der Waals surface area contributed by atoms with Crippen molar-refractivity contribution in [1.82, 2.24) is 45.4 Å². The van der Waals surface area contributed by atoms with Gasteiger partial charge in [-0.05, 0) is 47.2 Å². The van der Waals surface area contributed by atoms with Crippen molar-refractivity contribution < 1.29 is 9.59 Å². The molecule has 1 atom stereocenters. The topological polar surface area (TPSA) is 141 Å². The van der Waals surface area contributed by atoms with E-state index in [1.54, 1.807) is 55.5 Å². The van der Waals surface area contributed by atoms with E-state index in [-0.39, 0.29) is 6.67 Å². The Bertz CT molecular complexity index is 1380. The smallest absolute Gasteiger partial charge is 0.319 e. The summed E-state index contributed by atoms with van der Waals surface area (Å²) in [6.07, 6.45) is 1.42. The highest BCUT2D eigenvalue weighted by Crippen LogP contribution is 2.30. The van der Waals surface area contributed by atoms with Crippen LogP contribution in [0, 0.1) is 0 Å². The zero-order valence-electron chi connectivity index (χ0n) is 16.2. The first-order chi connectivity index (χ1) is 15.0. The Balaban J connectivity index is 1.48. The van der Waals surface area contributed by atoms with Gasteiger partial charge in [-0.1, -0.05) is 29.5 Å². The molecular weight excluding hydrogens is 402 g/mol. The van der Waals surface area contributed by atoms with Crippen LogP contribution in [0.2, 0.25) is 0 Å². The molecule has 1 saturated heterocycles. The number of hydrogen-bond donors (Lipinski definition) is 1. The van der Waals surface area contributed by atoms with Gasteiger partial charge in [0.05, 0.1) is 11.1 Å². The zero-order valence-corrected chi connectivity index (χ0v) is 16.2. The lowest BCUT2D eigenvalue weighted by molar-refractivity contribution is -0.132. The SMILES string of the molecule is CC1(c2cccc(-n3cnnn3)c2)NC(=O)N(Cn2nnc3ccccc3c2=O)C1=O. The quantitative estimate of drug-likeness (QED) is 0.464. The lowest BCUT2D eigenvalue weighted by Gasteiger charge is -2.22. The van der Waals surface area contributed by atoms with E-state index in [0.717, 1.165) is 9.58 Å². The number of benzene rings is 2. The van der Waals surface area contributed by atoms with E-state index in [4.69, 9.17) is 0 Å². The summed E-state index contributed by atoms with van der Waals surface area (Å²) in [5.74, 6) is -0.520. The van der Waals surface area contributed by atoms with Crippen LogP contribution in [0.5, 0.6) is 0 Å². The third kappa shape index (κ3) is 2.92. The molecule has 1 aliphatic rings. The summed E-state index contributed by atoms with van der Waals surface area (Å²) >= 11 is 0. The van der Waals surface area contributed by atoms with Gasteiger partial charge in [-0.2, -0.15) is 4.68 Å². The average Bonchev–Trinajstić information content (AvgIpc) is 3.40. The Hall–Kier alpha value is -4.48. The number of urea groups is 1. The highest BCUT2D eigenvalue weighted by molar-refractivity contribution is 6.07. The monoisotopic (exact) mass is 417 g/mol. The van der Waals surface area contributed by atoms with Crippen LogP contribution < -0.4 is 10.9 Å². The van der Waals surface area contributed by atoms with Crippen LogP contribution in [0.4, 0.5) is 4.79 Å². The first-order valence-electron chi connectivity index (χ1n) is 9.28. The van der Waals surface area contributed by atoms with Crippen molar-refractivity contribution in [3.05, 3.63) is 70.8 Å². The molecule has 3 amide bonds. The van der Waals surface area contributed by atoms with E-state index in [1.807, 2.05) is 0 Å². The van der Waals surface area contributed by atoms with Gasteiger partial charge in [0.25, 0.3) is 11.5 Å². The molecule has 12 nitrogen and oxygen atoms in total. The lowest BCUT2D eigenvalue weighted by atomic mass is 9.91. The maximum atomic E-state index is 13.2. The molecule has 0 radical (unpaired) electrons. The second-order valence-corrected chi connectivity index (χ2v) is 7.15. The first-order valence-corrected chi connectivity index (χ1v) is 9.28. The van der Waals surface area contributed by atoms with Crippen molar-refractivity contribution >= 4 is 22.8 Å². The van der Waals surface area contributed by atoms with Crippen LogP contribution in [0.15, 0.2) is 59.7 Å². The highest BCUT2D eigenvalue weighted by Gasteiger charge is 2.49. The Morgan fingerprint density at radius 2 is 1.87 bits per heavy atom. The fourth-order valence-corrected chi connectivity index (χ4v) is 3.51. The van der Waals surface area contributed by atoms with E-state index in [0.29, 0.717) is 22.2 Å². The summed E-state index contributed by atoms with van der Waals surface area (Å²) < 4.78 is 2.43. The lowest BCUT2D eigenvalue weighted by Crippen LogP contribution is -2.42. The molecule has 12 heteroatoms. The third-order valence-electron chi connectivity index (χ3n) is 5.22. The Morgan fingerprint density at radius 3 is 2.68 bits per heavy atom. The van der Waals surface area contributed by atoms with Crippen LogP contribution in [-0.2, 0) is 17.0 Å². The molecule has 1 N–H and O–H groups in total. The Morgan fingerprint density at radius 1 is 1.03 bits per heavy atom. The van der Waals surface area contributed by atoms with Crippen molar-refractivity contribution in [2.45, 2.75) is 19.1 Å². The molecule has 154 valence electrons. The molecule has 2 aromatic heterocycles. The maximum Gasteiger partial charge on any atom is 0.326 e. The van der Waals surface area contributed by atoms with E-state index >= 15 is 0 Å². The van der Waals surface area contributed by atoms with E-state index in [1.165, 1.54) is 11.0 Å². The summed E-state index contributed by atoms with van der Waals surface area (Å²) in [5.41, 5.74) is -0.181. The van der Waals surface area contributed by atoms with E-state index < -0.39 is 23.0 Å². The summed E-state index contributed by atoms with van der Waals surface area (Å²) in [4.78, 5) is 39.6. The molecule has 2 aromatic carbocycles. The molecule has 1 unspecified atom stereocenters. The number of hydrogen-bond acceptors (Lipinski definition) is 8. The molecule has 3 heterocycles. The largest absolute Gasteiger partial charge is 0.326 e. The fourth-order valence-electron chi connectivity index (χ4n) is 3.51. The van der Waals surface area contributed by atoms with Gasteiger partial charge >= 0.3 is 6.03 Å². The van der Waals surface area contributed by atoms with Gasteiger partial charge < -0.3 is 5.32 Å². The molecular formula is C19H15N9O3. The molecule has 5 rings (SSSR count). The van der Waals surface area contributed by atoms with Crippen molar-refractivity contribution in [3.8, 4) is 5.69 Å². The Labute approximate surface area is 174 Å². The normalized spacial score (nSPS) is 18.5. The van der Waals surface area contributed by atoms with Gasteiger partial charge in [0, 0.05) is 0 Å². The van der Waals surface area contributed by atoms with Gasteiger partial charge in [0.1, 0.15) is 24.1 Å². The van der Waals surface area contributed by atoms with Gasteiger partial charge in [-0.15, -0.1) is 10.2 Å². The van der Waals surface area contributed by atoms with Crippen molar-refractivity contribution in [1.29, 1.82) is 0 Å². The van der Waals surface area contributed by atoms with Gasteiger partial charge in [0.2, 0.25) is 0 Å². The average molecular weight is 417 g/mol. The second-order valence-electron chi connectivity index (χ2n) is 7.15. The molecule has 0 spiro atoms. The predicted molar refractivity (Wildman–Crippen MR) is 106 cm³/mol. The van der Waals surface area contributed by atoms with Crippen molar-refractivity contribution in [2.75, 3.05) is 0 Å². The van der Waals surface area contributed by atoms with Crippen molar-refractivity contribution in [2.24, 2.45) is 0 Å². The number of fused-ring (bicyclic) bond motifs is 1. The molecule has 1 fully saturated rings. The zero-order chi connectivity index (χ0) is 21.6. The molecule has 0 bridgehead atoms. The molecule has 31 heavy (non-hydrogen) atoms. The van der Waals surface area contributed by atoms with Crippen molar-refractivity contribution in [3.63, 3.8) is 0 Å². The van der Waals surface area contributed by atoms with Crippen LogP contribution in [-0.4, -0.2) is 52.0 Å². The van der Waals surface area contributed by atoms with Gasteiger partial charge in [0.15, 0.2) is 0 Å². The number of amides is 3. The van der Waals surface area contributed by atoms with Gasteiger partial charge in [-0.25, -0.2) is 14.4 Å². The number of tetrazole rings is 1. The van der Waals surface area contributed by atoms with E-state index in [2.05, 4.69) is 31.2 Å². The summed E-state index contributed by atoms with van der Waals surface area (Å²) in [7, 11) is 0. The molecule has 1 aliphatic heterocycles. The number of carbonyl (C=O) groups is 2. The minimum atomic E-state index is -1.34. The van der Waals surface area contributed by atoms with Crippen LogP contribution in [0.1, 0.15) is 12.5 Å². The minimum Gasteiger partial charge on any atom is -0.319 e. The van der Waals surface area contributed by atoms with Gasteiger partial charge in [-0.3, -0.25) is 9.59 Å². The van der Waals surface area contributed by atoms with Crippen LogP contribution >= 0.6 is 0 Å². The fraction of sp³-hybridized carbons (Fsp3) is 0.158. The minimum absolute atomic E-state index is 0.349. The summed E-state index contributed by atoms with van der Waals surface area (Å²) in [6, 6.07) is 13.0. The molecule has 4 aromatic rings. The number of imide groups is 1. The number of nitrogens with one attached hydrogen (secondary N) is 1. The number of nitrogens with zero attached hydrogens (tertiary/aromatic N) is 8. The van der Waals surface area contributed by atoms with Crippen LogP contribution in [0.3, 0.4) is 0 Å². The Kier molecular flexibility index (Phi) is 4.06. The number of aromatic nitrogens is 7. The summed E-state index contributed by atoms with van der Waals surface area (Å²) in [5, 5.41) is 21.9. The predicted octanol–water partition coefficient (Wildman–Crippen LogP) is 0.192. The summed E-state index contributed by atoms with van der Waals surface area (Å²) in [6.45, 7) is 1.24. The second kappa shape index (κ2) is 6.79. The third-order valence-corrected chi connectivity index (χ3v) is 5.22. The van der Waals surface area contributed by atoms with Crippen LogP contribution in [0.25, 0.3) is 16.6 Å². The standard InChI is InChI=1S/C19H15N9O3/c1-19(12-5-4-6-13(9-12)27-10-20-23-25-27)17(30)26(18(31)21-19)11-28-16(29)14-7-2-3-8-15(14)22-24-28/h2-10H,11H2,1H3,(H,21,31). The first kappa shape index (κ1) is 18.5. The molecule has 0 saturated carbocycles. The molecule has 0 aliphatic carbocycles.